The normalized spacial score (nSPS) is 9.67. The lowest BCUT2D eigenvalue weighted by Crippen LogP contribution is -2.13. The van der Waals surface area contributed by atoms with Crippen LogP contribution in [0, 0.1) is 6.92 Å². The first-order valence-electron chi connectivity index (χ1n) is 3.70. The van der Waals surface area contributed by atoms with Gasteiger partial charge >= 0.3 is 0 Å². The minimum Gasteiger partial charge on any atom is -0.493 e. The van der Waals surface area contributed by atoms with Crippen molar-refractivity contribution in [3.05, 3.63) is 11.9 Å². The van der Waals surface area contributed by atoms with E-state index in [1.165, 1.54) is 0 Å². The van der Waals surface area contributed by atoms with E-state index in [1.807, 2.05) is 25.9 Å². The number of anilines is 1. The molecule has 0 N–H and O–H groups in total. The molecule has 4 heteroatoms. The van der Waals surface area contributed by atoms with E-state index in [1.54, 1.807) is 13.3 Å². The molecule has 0 saturated carbocycles. The maximum Gasteiger partial charge on any atom is 0.225 e. The third-order valence-electron chi connectivity index (χ3n) is 1.54. The number of hydrogen-bond acceptors (Lipinski definition) is 4. The van der Waals surface area contributed by atoms with Gasteiger partial charge in [0.15, 0.2) is 5.75 Å². The van der Waals surface area contributed by atoms with Crippen molar-refractivity contribution in [3.8, 4) is 5.75 Å². The van der Waals surface area contributed by atoms with Gasteiger partial charge in [-0.1, -0.05) is 0 Å². The molecule has 0 unspecified atom stereocenters. The summed E-state index contributed by atoms with van der Waals surface area (Å²) in [6.07, 6.45) is 1.68. The second kappa shape index (κ2) is 3.38. The molecule has 0 fully saturated rings. The van der Waals surface area contributed by atoms with Gasteiger partial charge in [0.05, 0.1) is 19.0 Å². The molecular formula is C8H13N3O. The van der Waals surface area contributed by atoms with Crippen LogP contribution in [0.15, 0.2) is 6.20 Å². The Morgan fingerprint density at radius 3 is 2.50 bits per heavy atom. The summed E-state index contributed by atoms with van der Waals surface area (Å²) in [6, 6.07) is 0. The highest BCUT2D eigenvalue weighted by molar-refractivity contribution is 5.33. The third-order valence-corrected chi connectivity index (χ3v) is 1.54. The fourth-order valence-corrected chi connectivity index (χ4v) is 0.860. The van der Waals surface area contributed by atoms with Gasteiger partial charge in [-0.25, -0.2) is 9.97 Å². The van der Waals surface area contributed by atoms with Crippen LogP contribution in [-0.2, 0) is 0 Å². The SMILES string of the molecule is COc1cnc(N(C)C)nc1C. The van der Waals surface area contributed by atoms with Gasteiger partial charge < -0.3 is 9.64 Å². The summed E-state index contributed by atoms with van der Waals surface area (Å²) in [5, 5.41) is 0. The number of methoxy groups -OCH3 is 1. The minimum atomic E-state index is 0.702. The Bertz CT molecular complexity index is 273. The molecule has 4 nitrogen and oxygen atoms in total. The lowest BCUT2D eigenvalue weighted by molar-refractivity contribution is 0.407. The van der Waals surface area contributed by atoms with Crippen molar-refractivity contribution in [2.24, 2.45) is 0 Å². The Kier molecular flexibility index (Phi) is 2.47. The monoisotopic (exact) mass is 167 g/mol. The lowest BCUT2D eigenvalue weighted by atomic mass is 10.4. The van der Waals surface area contributed by atoms with E-state index in [0.29, 0.717) is 5.95 Å². The number of aromatic nitrogens is 2. The molecule has 0 aliphatic rings. The summed E-state index contributed by atoms with van der Waals surface area (Å²) in [7, 11) is 5.42. The Hall–Kier alpha value is -1.32. The number of rotatable bonds is 2. The van der Waals surface area contributed by atoms with E-state index < -0.39 is 0 Å². The standard InChI is InChI=1S/C8H13N3O/c1-6-7(12-4)5-9-8(10-6)11(2)3/h5H,1-4H3. The number of aryl methyl sites for hydroxylation is 1. The molecule has 0 saturated heterocycles. The molecule has 0 aromatic carbocycles. The quantitative estimate of drug-likeness (QED) is 0.654. The predicted octanol–water partition coefficient (Wildman–Crippen LogP) is 0.860. The van der Waals surface area contributed by atoms with E-state index in [-0.39, 0.29) is 0 Å². The van der Waals surface area contributed by atoms with E-state index >= 15 is 0 Å². The molecule has 0 radical (unpaired) electrons. The molecule has 1 aromatic heterocycles. The van der Waals surface area contributed by atoms with Gasteiger partial charge in [0.2, 0.25) is 5.95 Å². The summed E-state index contributed by atoms with van der Waals surface area (Å²) in [5.41, 5.74) is 0.858. The first-order valence-corrected chi connectivity index (χ1v) is 3.70. The highest BCUT2D eigenvalue weighted by atomic mass is 16.5. The van der Waals surface area contributed by atoms with Crippen LogP contribution in [0.2, 0.25) is 0 Å². The van der Waals surface area contributed by atoms with Gasteiger partial charge in [0.25, 0.3) is 0 Å². The second-order valence-corrected chi connectivity index (χ2v) is 2.72. The molecule has 0 spiro atoms. The fourth-order valence-electron chi connectivity index (χ4n) is 0.860. The van der Waals surface area contributed by atoms with Crippen molar-refractivity contribution in [1.29, 1.82) is 0 Å². The smallest absolute Gasteiger partial charge is 0.225 e. The summed E-state index contributed by atoms with van der Waals surface area (Å²) in [6.45, 7) is 1.90. The average molecular weight is 167 g/mol. The molecule has 0 aliphatic heterocycles. The maximum atomic E-state index is 5.04. The van der Waals surface area contributed by atoms with Crippen LogP contribution in [0.3, 0.4) is 0 Å². The lowest BCUT2D eigenvalue weighted by Gasteiger charge is -2.11. The maximum absolute atomic E-state index is 5.04. The molecule has 66 valence electrons. The number of nitrogens with zero attached hydrogens (tertiary/aromatic N) is 3. The van der Waals surface area contributed by atoms with Crippen LogP contribution in [0.25, 0.3) is 0 Å². The second-order valence-electron chi connectivity index (χ2n) is 2.72. The minimum absolute atomic E-state index is 0.702. The molecule has 1 rings (SSSR count). The fraction of sp³-hybridized carbons (Fsp3) is 0.500. The Morgan fingerprint density at radius 1 is 1.42 bits per heavy atom. The van der Waals surface area contributed by atoms with Crippen LogP contribution >= 0.6 is 0 Å². The summed E-state index contributed by atoms with van der Waals surface area (Å²) in [4.78, 5) is 10.2. The molecule has 1 heterocycles. The van der Waals surface area contributed by atoms with Crippen LogP contribution in [0.4, 0.5) is 5.95 Å². The highest BCUT2D eigenvalue weighted by Gasteiger charge is 2.03. The van der Waals surface area contributed by atoms with Crippen molar-refractivity contribution in [3.63, 3.8) is 0 Å². The van der Waals surface area contributed by atoms with Gasteiger partial charge in [0, 0.05) is 14.1 Å². The van der Waals surface area contributed by atoms with E-state index in [0.717, 1.165) is 11.4 Å². The number of hydrogen-bond donors (Lipinski definition) is 0. The summed E-state index contributed by atoms with van der Waals surface area (Å²) < 4.78 is 5.04. The van der Waals surface area contributed by atoms with Gasteiger partial charge in [0.1, 0.15) is 0 Å². The van der Waals surface area contributed by atoms with E-state index in [4.69, 9.17) is 4.74 Å². The van der Waals surface area contributed by atoms with Gasteiger partial charge in [-0.3, -0.25) is 0 Å². The van der Waals surface area contributed by atoms with Crippen molar-refractivity contribution in [2.45, 2.75) is 6.92 Å². The molecule has 12 heavy (non-hydrogen) atoms. The predicted molar refractivity (Wildman–Crippen MR) is 47.6 cm³/mol. The topological polar surface area (TPSA) is 38.2 Å². The number of ether oxygens (including phenoxy) is 1. The zero-order valence-electron chi connectivity index (χ0n) is 7.83. The third kappa shape index (κ3) is 1.64. The molecule has 0 amide bonds. The van der Waals surface area contributed by atoms with E-state index in [2.05, 4.69) is 9.97 Å². The van der Waals surface area contributed by atoms with Crippen LogP contribution in [0.5, 0.6) is 5.75 Å². The first kappa shape index (κ1) is 8.77. The van der Waals surface area contributed by atoms with Gasteiger partial charge in [-0.15, -0.1) is 0 Å². The van der Waals surface area contributed by atoms with Crippen molar-refractivity contribution in [1.82, 2.24) is 9.97 Å². The van der Waals surface area contributed by atoms with Crippen LogP contribution in [0.1, 0.15) is 5.69 Å². The largest absolute Gasteiger partial charge is 0.493 e. The van der Waals surface area contributed by atoms with Gasteiger partial charge in [-0.2, -0.15) is 0 Å². The van der Waals surface area contributed by atoms with Gasteiger partial charge in [-0.05, 0) is 6.92 Å². The molecular weight excluding hydrogens is 154 g/mol. The zero-order chi connectivity index (χ0) is 9.14. The summed E-state index contributed by atoms with van der Waals surface area (Å²) in [5.74, 6) is 1.42. The Morgan fingerprint density at radius 2 is 2.08 bits per heavy atom. The van der Waals surface area contributed by atoms with Crippen molar-refractivity contribution < 1.29 is 4.74 Å². The van der Waals surface area contributed by atoms with Crippen molar-refractivity contribution in [2.75, 3.05) is 26.1 Å². The Balaban J connectivity index is 3.02. The molecule has 0 atom stereocenters. The molecule has 0 bridgehead atoms. The van der Waals surface area contributed by atoms with Crippen LogP contribution in [-0.4, -0.2) is 31.2 Å². The van der Waals surface area contributed by atoms with Crippen LogP contribution < -0.4 is 9.64 Å². The summed E-state index contributed by atoms with van der Waals surface area (Å²) >= 11 is 0. The Labute approximate surface area is 72.2 Å². The average Bonchev–Trinajstić information content (AvgIpc) is 2.04. The first-order chi connectivity index (χ1) is 5.65. The molecule has 1 aromatic rings. The molecule has 0 aliphatic carbocycles. The van der Waals surface area contributed by atoms with Crippen molar-refractivity contribution >= 4 is 5.95 Å². The highest BCUT2D eigenvalue weighted by Crippen LogP contribution is 2.15. The zero-order valence-corrected chi connectivity index (χ0v) is 7.83. The van der Waals surface area contributed by atoms with E-state index in [9.17, 15) is 0 Å².